The van der Waals surface area contributed by atoms with Crippen molar-refractivity contribution in [3.05, 3.63) is 80.8 Å². The van der Waals surface area contributed by atoms with Gasteiger partial charge < -0.3 is 4.74 Å². The molecule has 0 saturated heterocycles. The predicted molar refractivity (Wildman–Crippen MR) is 84.8 cm³/mol. The highest BCUT2D eigenvalue weighted by molar-refractivity contribution is 6.13. The number of carbonyl (C=O) groups excluding carboxylic acids is 1. The van der Waals surface area contributed by atoms with Gasteiger partial charge in [0.15, 0.2) is 5.70 Å². The summed E-state index contributed by atoms with van der Waals surface area (Å²) < 4.78 is 18.7. The molecule has 1 aliphatic rings. The van der Waals surface area contributed by atoms with Crippen LogP contribution in [0.1, 0.15) is 16.7 Å². The Kier molecular flexibility index (Phi) is 3.91. The van der Waals surface area contributed by atoms with Crippen LogP contribution in [-0.2, 0) is 9.53 Å². The van der Waals surface area contributed by atoms with E-state index in [1.807, 2.05) is 0 Å². The van der Waals surface area contributed by atoms with Crippen LogP contribution in [0.3, 0.4) is 0 Å². The standard InChI is InChI=1S/C17H11FN2O4/c1-10-8-12(6-7-15(10)20(22)23)16-19-14(17(21)24-16)9-11-4-2-3-5-13(11)18/h2-9H,1H3/b14-9-. The number of halogens is 1. The zero-order valence-corrected chi connectivity index (χ0v) is 12.5. The number of hydrogen-bond acceptors (Lipinski definition) is 5. The molecule has 24 heavy (non-hydrogen) atoms. The van der Waals surface area contributed by atoms with Gasteiger partial charge in [0.1, 0.15) is 5.82 Å². The van der Waals surface area contributed by atoms with E-state index in [0.717, 1.165) is 0 Å². The second-order valence-electron chi connectivity index (χ2n) is 5.12. The number of ether oxygens (including phenoxy) is 1. The molecular formula is C17H11FN2O4. The van der Waals surface area contributed by atoms with E-state index in [2.05, 4.69) is 4.99 Å². The summed E-state index contributed by atoms with van der Waals surface area (Å²) in [6, 6.07) is 10.2. The number of nitro groups is 1. The third-order valence-corrected chi connectivity index (χ3v) is 3.46. The fraction of sp³-hybridized carbons (Fsp3) is 0.0588. The van der Waals surface area contributed by atoms with Crippen LogP contribution in [0, 0.1) is 22.9 Å². The van der Waals surface area contributed by atoms with E-state index < -0.39 is 16.7 Å². The first-order valence-corrected chi connectivity index (χ1v) is 6.98. The minimum Gasteiger partial charge on any atom is -0.402 e. The van der Waals surface area contributed by atoms with E-state index >= 15 is 0 Å². The SMILES string of the molecule is Cc1cc(C2=N/C(=C\c3ccccc3F)C(=O)O2)ccc1[N+](=O)[O-]. The van der Waals surface area contributed by atoms with Crippen LogP contribution in [0.25, 0.3) is 6.08 Å². The van der Waals surface area contributed by atoms with E-state index in [4.69, 9.17) is 4.74 Å². The Hall–Kier alpha value is -3.35. The molecule has 0 bridgehead atoms. The van der Waals surface area contributed by atoms with E-state index in [0.29, 0.717) is 11.1 Å². The molecule has 0 N–H and O–H groups in total. The van der Waals surface area contributed by atoms with E-state index in [9.17, 15) is 19.3 Å². The van der Waals surface area contributed by atoms with Crippen molar-refractivity contribution in [2.75, 3.05) is 0 Å². The molecule has 0 amide bonds. The summed E-state index contributed by atoms with van der Waals surface area (Å²) >= 11 is 0. The molecule has 0 spiro atoms. The van der Waals surface area contributed by atoms with E-state index in [-0.39, 0.29) is 22.8 Å². The lowest BCUT2D eigenvalue weighted by atomic mass is 10.1. The highest BCUT2D eigenvalue weighted by Crippen LogP contribution is 2.24. The van der Waals surface area contributed by atoms with Gasteiger partial charge in [-0.3, -0.25) is 10.1 Å². The Balaban J connectivity index is 1.96. The first-order chi connectivity index (χ1) is 11.5. The third kappa shape index (κ3) is 2.91. The molecule has 0 aliphatic carbocycles. The normalized spacial score (nSPS) is 15.3. The average molecular weight is 326 g/mol. The van der Waals surface area contributed by atoms with Crippen molar-refractivity contribution in [2.45, 2.75) is 6.92 Å². The third-order valence-electron chi connectivity index (χ3n) is 3.46. The maximum absolute atomic E-state index is 13.7. The molecule has 0 fully saturated rings. The number of aliphatic imine (C=N–C) groups is 1. The first-order valence-electron chi connectivity index (χ1n) is 6.98. The smallest absolute Gasteiger partial charge is 0.363 e. The number of nitro benzene ring substituents is 1. The molecule has 0 unspecified atom stereocenters. The number of cyclic esters (lactones) is 1. The molecule has 0 aromatic heterocycles. The number of nitrogens with zero attached hydrogens (tertiary/aromatic N) is 2. The minimum absolute atomic E-state index is 0.0283. The second-order valence-corrected chi connectivity index (χ2v) is 5.12. The fourth-order valence-electron chi connectivity index (χ4n) is 2.27. The van der Waals surface area contributed by atoms with Crippen molar-refractivity contribution < 1.29 is 18.8 Å². The Labute approximate surface area is 136 Å². The fourth-order valence-corrected chi connectivity index (χ4v) is 2.27. The number of benzene rings is 2. The summed E-state index contributed by atoms with van der Waals surface area (Å²) in [5, 5.41) is 10.8. The van der Waals surface area contributed by atoms with Gasteiger partial charge in [0.05, 0.1) is 4.92 Å². The van der Waals surface area contributed by atoms with Crippen LogP contribution in [0.4, 0.5) is 10.1 Å². The zero-order chi connectivity index (χ0) is 17.3. The van der Waals surface area contributed by atoms with Gasteiger partial charge in [-0.25, -0.2) is 14.2 Å². The van der Waals surface area contributed by atoms with Crippen LogP contribution in [0.15, 0.2) is 53.2 Å². The zero-order valence-electron chi connectivity index (χ0n) is 12.5. The maximum Gasteiger partial charge on any atom is 0.363 e. The topological polar surface area (TPSA) is 81.8 Å². The molecule has 120 valence electrons. The highest BCUT2D eigenvalue weighted by Gasteiger charge is 2.25. The molecule has 3 rings (SSSR count). The van der Waals surface area contributed by atoms with E-state index in [1.54, 1.807) is 19.1 Å². The summed E-state index contributed by atoms with van der Waals surface area (Å²) in [4.78, 5) is 26.3. The molecular weight excluding hydrogens is 315 g/mol. The lowest BCUT2D eigenvalue weighted by Crippen LogP contribution is -2.06. The van der Waals surface area contributed by atoms with Crippen LogP contribution in [0.2, 0.25) is 0 Å². The Morgan fingerprint density at radius 1 is 1.25 bits per heavy atom. The molecule has 0 radical (unpaired) electrons. The van der Waals surface area contributed by atoms with Crippen molar-refractivity contribution in [3.8, 4) is 0 Å². The first kappa shape index (κ1) is 15.5. The van der Waals surface area contributed by atoms with Crippen LogP contribution in [-0.4, -0.2) is 16.8 Å². The average Bonchev–Trinajstić information content (AvgIpc) is 2.90. The van der Waals surface area contributed by atoms with Gasteiger partial charge in [-0.05, 0) is 31.2 Å². The molecule has 1 heterocycles. The molecule has 0 saturated carbocycles. The monoisotopic (exact) mass is 326 g/mol. The highest BCUT2D eigenvalue weighted by atomic mass is 19.1. The molecule has 1 aliphatic heterocycles. The van der Waals surface area contributed by atoms with Gasteiger partial charge in [-0.2, -0.15) is 0 Å². The summed E-state index contributed by atoms with van der Waals surface area (Å²) in [7, 11) is 0. The van der Waals surface area contributed by atoms with Crippen LogP contribution in [0.5, 0.6) is 0 Å². The largest absolute Gasteiger partial charge is 0.402 e. The number of carbonyl (C=O) groups is 1. The van der Waals surface area contributed by atoms with Crippen LogP contribution >= 0.6 is 0 Å². The second kappa shape index (κ2) is 6.04. The summed E-state index contributed by atoms with van der Waals surface area (Å²) in [5.74, 6) is -1.16. The summed E-state index contributed by atoms with van der Waals surface area (Å²) in [5.41, 5.74) is 0.998. The van der Waals surface area contributed by atoms with Gasteiger partial charge in [-0.1, -0.05) is 18.2 Å². The molecule has 2 aromatic carbocycles. The van der Waals surface area contributed by atoms with Crippen molar-refractivity contribution in [2.24, 2.45) is 4.99 Å². The quantitative estimate of drug-likeness (QED) is 0.375. The molecule has 0 atom stereocenters. The molecule has 6 nitrogen and oxygen atoms in total. The Morgan fingerprint density at radius 2 is 2.00 bits per heavy atom. The lowest BCUT2D eigenvalue weighted by molar-refractivity contribution is -0.385. The number of aryl methyl sites for hydroxylation is 1. The van der Waals surface area contributed by atoms with Gasteiger partial charge in [-0.15, -0.1) is 0 Å². The van der Waals surface area contributed by atoms with Gasteiger partial charge >= 0.3 is 5.97 Å². The van der Waals surface area contributed by atoms with Crippen LogP contribution < -0.4 is 0 Å². The Bertz CT molecular complexity index is 919. The number of esters is 1. The number of hydrogen-bond donors (Lipinski definition) is 0. The minimum atomic E-state index is -0.704. The van der Waals surface area contributed by atoms with E-state index in [1.165, 1.54) is 36.4 Å². The van der Waals surface area contributed by atoms with Crippen molar-refractivity contribution in [1.29, 1.82) is 0 Å². The van der Waals surface area contributed by atoms with Crippen molar-refractivity contribution in [3.63, 3.8) is 0 Å². The summed E-state index contributed by atoms with van der Waals surface area (Å²) in [6.45, 7) is 1.58. The number of rotatable bonds is 3. The summed E-state index contributed by atoms with van der Waals surface area (Å²) in [6.07, 6.45) is 1.29. The lowest BCUT2D eigenvalue weighted by Gasteiger charge is -2.01. The van der Waals surface area contributed by atoms with Crippen molar-refractivity contribution in [1.82, 2.24) is 0 Å². The van der Waals surface area contributed by atoms with Gasteiger partial charge in [0, 0.05) is 22.8 Å². The molecule has 2 aromatic rings. The van der Waals surface area contributed by atoms with Gasteiger partial charge in [0.25, 0.3) is 5.69 Å². The molecule has 7 heteroatoms. The predicted octanol–water partition coefficient (Wildman–Crippen LogP) is 3.39. The van der Waals surface area contributed by atoms with Crippen molar-refractivity contribution >= 4 is 23.6 Å². The maximum atomic E-state index is 13.7. The van der Waals surface area contributed by atoms with Gasteiger partial charge in [0.2, 0.25) is 5.90 Å². The Morgan fingerprint density at radius 3 is 2.67 bits per heavy atom.